The molecule has 0 aliphatic carbocycles. The van der Waals surface area contributed by atoms with Crippen LogP contribution in [0.4, 0.5) is 5.00 Å². The largest absolute Gasteiger partial charge is 0.310 e. The highest BCUT2D eigenvalue weighted by Gasteiger charge is 2.41. The second kappa shape index (κ2) is 6.20. The monoisotopic (exact) mass is 405 g/mol. The summed E-state index contributed by atoms with van der Waals surface area (Å²) < 4.78 is 0.847. The van der Waals surface area contributed by atoms with Gasteiger partial charge in [-0.1, -0.05) is 35.9 Å². The minimum atomic E-state index is -0.560. The van der Waals surface area contributed by atoms with Crippen molar-refractivity contribution in [1.82, 2.24) is 5.32 Å². The lowest BCUT2D eigenvalue weighted by atomic mass is 9.83. The molecule has 5 rings (SSSR count). The highest BCUT2D eigenvalue weighted by molar-refractivity contribution is 7.22. The van der Waals surface area contributed by atoms with Crippen LogP contribution in [-0.2, 0) is 4.79 Å². The van der Waals surface area contributed by atoms with Gasteiger partial charge in [-0.2, -0.15) is 5.26 Å². The molecule has 28 heavy (non-hydrogen) atoms. The molecular formula is C21H12ClN3O2S. The summed E-state index contributed by atoms with van der Waals surface area (Å²) in [7, 11) is 0. The van der Waals surface area contributed by atoms with Crippen molar-refractivity contribution in [3.8, 4) is 6.07 Å². The second-order valence-electron chi connectivity index (χ2n) is 6.64. The van der Waals surface area contributed by atoms with Crippen LogP contribution in [0.3, 0.4) is 0 Å². The quantitative estimate of drug-likeness (QED) is 0.669. The maximum absolute atomic E-state index is 13.5. The average Bonchev–Trinajstić information content (AvgIpc) is 3.09. The van der Waals surface area contributed by atoms with Gasteiger partial charge in [0, 0.05) is 20.7 Å². The first-order valence-electron chi connectivity index (χ1n) is 8.61. The van der Waals surface area contributed by atoms with Crippen LogP contribution < -0.4 is 15.6 Å². The van der Waals surface area contributed by atoms with E-state index in [0.717, 1.165) is 10.3 Å². The maximum atomic E-state index is 13.5. The van der Waals surface area contributed by atoms with Crippen LogP contribution in [0.5, 0.6) is 0 Å². The van der Waals surface area contributed by atoms with Crippen molar-refractivity contribution in [2.45, 2.75) is 5.92 Å². The first-order chi connectivity index (χ1) is 13.6. The van der Waals surface area contributed by atoms with Gasteiger partial charge < -0.3 is 10.2 Å². The lowest BCUT2D eigenvalue weighted by Gasteiger charge is -2.31. The molecule has 0 bridgehead atoms. The van der Waals surface area contributed by atoms with E-state index in [1.807, 2.05) is 30.3 Å². The van der Waals surface area contributed by atoms with Gasteiger partial charge in [-0.15, -0.1) is 11.3 Å². The van der Waals surface area contributed by atoms with Gasteiger partial charge >= 0.3 is 0 Å². The fourth-order valence-corrected chi connectivity index (χ4v) is 5.17. The van der Waals surface area contributed by atoms with E-state index in [1.165, 1.54) is 11.3 Å². The van der Waals surface area contributed by atoms with Gasteiger partial charge in [0.05, 0.1) is 17.6 Å². The standard InChI is InChI=1S/C21H12ClN3O2S/c22-12-7-5-11(6-8-12)17-14(9-23)20-24-16(26)10-25(20)21-18(17)19(27)13-3-1-2-4-15(13)28-21/h1-8,17H,10H2,(H,24,26). The number of halogens is 1. The summed E-state index contributed by atoms with van der Waals surface area (Å²) in [6.07, 6.45) is 0. The van der Waals surface area contributed by atoms with Crippen LogP contribution in [-0.4, -0.2) is 12.5 Å². The molecular weight excluding hydrogens is 394 g/mol. The Hall–Kier alpha value is -3.14. The van der Waals surface area contributed by atoms with E-state index in [4.69, 9.17) is 11.6 Å². The molecule has 136 valence electrons. The van der Waals surface area contributed by atoms with Crippen LogP contribution in [0, 0.1) is 11.3 Å². The Morgan fingerprint density at radius 3 is 2.64 bits per heavy atom. The van der Waals surface area contributed by atoms with Crippen molar-refractivity contribution in [3.05, 3.63) is 86.3 Å². The van der Waals surface area contributed by atoms with Crippen LogP contribution in [0.15, 0.2) is 64.7 Å². The molecule has 0 radical (unpaired) electrons. The van der Waals surface area contributed by atoms with E-state index in [-0.39, 0.29) is 17.9 Å². The summed E-state index contributed by atoms with van der Waals surface area (Å²) in [6, 6.07) is 16.8. The molecule has 1 atom stereocenters. The minimum absolute atomic E-state index is 0.0924. The summed E-state index contributed by atoms with van der Waals surface area (Å²) in [5.74, 6) is -0.292. The molecule has 0 spiro atoms. The number of benzene rings is 2. The Labute approximate surface area is 169 Å². The predicted octanol–water partition coefficient (Wildman–Crippen LogP) is 3.73. The Morgan fingerprint density at radius 1 is 1.14 bits per heavy atom. The highest BCUT2D eigenvalue weighted by atomic mass is 35.5. The molecule has 1 fully saturated rings. The number of hydrogen-bond acceptors (Lipinski definition) is 5. The van der Waals surface area contributed by atoms with E-state index in [2.05, 4.69) is 11.4 Å². The lowest BCUT2D eigenvalue weighted by molar-refractivity contribution is -0.117. The van der Waals surface area contributed by atoms with Gasteiger partial charge in [0.1, 0.15) is 17.4 Å². The van der Waals surface area contributed by atoms with Crippen molar-refractivity contribution < 1.29 is 4.79 Å². The van der Waals surface area contributed by atoms with Crippen molar-refractivity contribution in [2.75, 3.05) is 11.4 Å². The zero-order chi connectivity index (χ0) is 19.4. The third kappa shape index (κ3) is 2.37. The van der Waals surface area contributed by atoms with Crippen LogP contribution >= 0.6 is 22.9 Å². The van der Waals surface area contributed by atoms with Gasteiger partial charge in [0.25, 0.3) is 0 Å². The number of carbonyl (C=O) groups is 1. The molecule has 0 saturated carbocycles. The normalized spacial score (nSPS) is 17.9. The third-order valence-electron chi connectivity index (χ3n) is 5.04. The predicted molar refractivity (Wildman–Crippen MR) is 110 cm³/mol. The second-order valence-corrected chi connectivity index (χ2v) is 8.11. The number of carbonyl (C=O) groups excluding carboxylic acids is 1. The number of nitrogens with one attached hydrogen (secondary N) is 1. The molecule has 1 N–H and O–H groups in total. The van der Waals surface area contributed by atoms with Gasteiger partial charge in [0.15, 0.2) is 5.43 Å². The maximum Gasteiger partial charge on any atom is 0.245 e. The topological polar surface area (TPSA) is 73.2 Å². The van der Waals surface area contributed by atoms with Gasteiger partial charge in [-0.3, -0.25) is 9.59 Å². The van der Waals surface area contributed by atoms with Crippen LogP contribution in [0.1, 0.15) is 17.0 Å². The molecule has 5 nitrogen and oxygen atoms in total. The third-order valence-corrected chi connectivity index (χ3v) is 6.51. The van der Waals surface area contributed by atoms with E-state index in [0.29, 0.717) is 32.4 Å². The number of amides is 1. The summed E-state index contributed by atoms with van der Waals surface area (Å²) in [5.41, 5.74) is 1.56. The summed E-state index contributed by atoms with van der Waals surface area (Å²) in [5, 5.41) is 14.6. The van der Waals surface area contributed by atoms with Crippen molar-refractivity contribution in [3.63, 3.8) is 0 Å². The van der Waals surface area contributed by atoms with Crippen LogP contribution in [0.25, 0.3) is 10.1 Å². The number of allylic oxidation sites excluding steroid dienone is 1. The molecule has 3 aromatic rings. The number of nitriles is 1. The molecule has 3 heterocycles. The summed E-state index contributed by atoms with van der Waals surface area (Å²) in [4.78, 5) is 27.4. The molecule has 1 aromatic heterocycles. The first-order valence-corrected chi connectivity index (χ1v) is 9.81. The molecule has 2 aliphatic rings. The SMILES string of the molecule is N#CC1=C2NC(=O)CN2c2sc3ccccc3c(=O)c2C1c1ccc(Cl)cc1. The summed E-state index contributed by atoms with van der Waals surface area (Å²) in [6.45, 7) is 0.0924. The fraction of sp³-hybridized carbons (Fsp3) is 0.0952. The lowest BCUT2D eigenvalue weighted by Crippen LogP contribution is -2.32. The van der Waals surface area contributed by atoms with Gasteiger partial charge in [0.2, 0.25) is 5.91 Å². The van der Waals surface area contributed by atoms with Gasteiger partial charge in [-0.05, 0) is 29.8 Å². The van der Waals surface area contributed by atoms with Crippen molar-refractivity contribution in [1.29, 1.82) is 5.26 Å². The van der Waals surface area contributed by atoms with E-state index in [9.17, 15) is 14.9 Å². The fourth-order valence-electron chi connectivity index (χ4n) is 3.83. The number of nitrogens with zero attached hydrogens (tertiary/aromatic N) is 2. The molecule has 2 aliphatic heterocycles. The summed E-state index contributed by atoms with van der Waals surface area (Å²) >= 11 is 7.50. The Balaban J connectivity index is 1.89. The first kappa shape index (κ1) is 17.0. The molecule has 2 aromatic carbocycles. The Bertz CT molecular complexity index is 1290. The van der Waals surface area contributed by atoms with Crippen molar-refractivity contribution in [2.24, 2.45) is 0 Å². The van der Waals surface area contributed by atoms with E-state index in [1.54, 1.807) is 23.1 Å². The van der Waals surface area contributed by atoms with E-state index < -0.39 is 5.92 Å². The Kier molecular flexibility index (Phi) is 3.76. The minimum Gasteiger partial charge on any atom is -0.310 e. The molecule has 1 unspecified atom stereocenters. The number of fused-ring (bicyclic) bond motifs is 4. The molecule has 7 heteroatoms. The number of rotatable bonds is 1. The zero-order valence-electron chi connectivity index (χ0n) is 14.4. The highest BCUT2D eigenvalue weighted by Crippen LogP contribution is 2.46. The molecule has 1 saturated heterocycles. The smallest absolute Gasteiger partial charge is 0.245 e. The Morgan fingerprint density at radius 2 is 1.89 bits per heavy atom. The number of hydrogen-bond donors (Lipinski definition) is 1. The van der Waals surface area contributed by atoms with Crippen LogP contribution in [0.2, 0.25) is 5.02 Å². The zero-order valence-corrected chi connectivity index (χ0v) is 16.0. The van der Waals surface area contributed by atoms with Gasteiger partial charge in [-0.25, -0.2) is 0 Å². The average molecular weight is 406 g/mol. The number of anilines is 1. The van der Waals surface area contributed by atoms with E-state index >= 15 is 0 Å². The molecule has 1 amide bonds. The van der Waals surface area contributed by atoms with Crippen molar-refractivity contribution >= 4 is 43.9 Å².